The number of hydrazine groups is 1. The van der Waals surface area contributed by atoms with Crippen LogP contribution in [0.4, 0.5) is 5.69 Å². The van der Waals surface area contributed by atoms with E-state index >= 15 is 0 Å². The molecular weight excluding hydrogens is 290 g/mol. The maximum absolute atomic E-state index is 12.4. The maximum Gasteiger partial charge on any atom is 0.277 e. The molecule has 0 radical (unpaired) electrons. The standard InChI is InChI=1S/C14H17N3O3S/c1-19-9-3-2-4-10-11(9)12(15)13(21-10)14(18)16-17-5-7-20-8-6-17/h2-4H,5-8,15H2,1H3,(H,16,18). The molecule has 0 atom stereocenters. The highest BCUT2D eigenvalue weighted by Crippen LogP contribution is 2.39. The second kappa shape index (κ2) is 5.88. The first kappa shape index (κ1) is 14.1. The van der Waals surface area contributed by atoms with E-state index in [1.807, 2.05) is 23.2 Å². The van der Waals surface area contributed by atoms with Crippen LogP contribution in [0.15, 0.2) is 18.2 Å². The smallest absolute Gasteiger partial charge is 0.277 e. The minimum absolute atomic E-state index is 0.183. The van der Waals surface area contributed by atoms with Gasteiger partial charge < -0.3 is 15.2 Å². The third-order valence-corrected chi connectivity index (χ3v) is 4.58. The van der Waals surface area contributed by atoms with Crippen LogP contribution < -0.4 is 15.9 Å². The number of hydrogen-bond donors (Lipinski definition) is 2. The Morgan fingerprint density at radius 3 is 2.90 bits per heavy atom. The van der Waals surface area contributed by atoms with E-state index in [0.717, 1.165) is 10.1 Å². The Labute approximate surface area is 126 Å². The monoisotopic (exact) mass is 307 g/mol. The summed E-state index contributed by atoms with van der Waals surface area (Å²) in [6.45, 7) is 2.60. The van der Waals surface area contributed by atoms with Crippen LogP contribution in [0.25, 0.3) is 10.1 Å². The van der Waals surface area contributed by atoms with Crippen molar-refractivity contribution in [1.82, 2.24) is 10.4 Å². The third kappa shape index (κ3) is 2.67. The Bertz CT molecular complexity index is 665. The molecule has 1 aliphatic rings. The van der Waals surface area contributed by atoms with E-state index in [4.69, 9.17) is 15.2 Å². The second-order valence-corrected chi connectivity index (χ2v) is 5.77. The zero-order chi connectivity index (χ0) is 14.8. The Morgan fingerprint density at radius 2 is 2.19 bits per heavy atom. The zero-order valence-corrected chi connectivity index (χ0v) is 12.5. The van der Waals surface area contributed by atoms with Gasteiger partial charge in [-0.3, -0.25) is 10.2 Å². The van der Waals surface area contributed by atoms with Gasteiger partial charge >= 0.3 is 0 Å². The molecule has 112 valence electrons. The van der Waals surface area contributed by atoms with Crippen molar-refractivity contribution in [3.8, 4) is 5.75 Å². The Morgan fingerprint density at radius 1 is 1.43 bits per heavy atom. The molecule has 6 nitrogen and oxygen atoms in total. The summed E-state index contributed by atoms with van der Waals surface area (Å²) in [4.78, 5) is 12.9. The van der Waals surface area contributed by atoms with E-state index in [1.54, 1.807) is 7.11 Å². The molecule has 1 amide bonds. The van der Waals surface area contributed by atoms with Gasteiger partial charge in [0.2, 0.25) is 0 Å². The molecule has 1 aromatic heterocycles. The highest BCUT2D eigenvalue weighted by molar-refractivity contribution is 7.21. The number of hydrogen-bond acceptors (Lipinski definition) is 6. The molecule has 0 saturated carbocycles. The van der Waals surface area contributed by atoms with E-state index in [1.165, 1.54) is 11.3 Å². The van der Waals surface area contributed by atoms with E-state index in [9.17, 15) is 4.79 Å². The lowest BCUT2D eigenvalue weighted by molar-refractivity contribution is 0.0128. The number of amides is 1. The number of rotatable bonds is 3. The van der Waals surface area contributed by atoms with Crippen molar-refractivity contribution in [2.75, 3.05) is 39.1 Å². The van der Waals surface area contributed by atoms with Gasteiger partial charge in [0.25, 0.3) is 5.91 Å². The predicted molar refractivity (Wildman–Crippen MR) is 82.6 cm³/mol. The first-order valence-corrected chi connectivity index (χ1v) is 7.51. The molecule has 1 saturated heterocycles. The number of nitrogens with zero attached hydrogens (tertiary/aromatic N) is 1. The van der Waals surface area contributed by atoms with Crippen molar-refractivity contribution in [2.45, 2.75) is 0 Å². The number of carbonyl (C=O) groups excluding carboxylic acids is 1. The fourth-order valence-corrected chi connectivity index (χ4v) is 3.38. The minimum atomic E-state index is -0.183. The van der Waals surface area contributed by atoms with Crippen molar-refractivity contribution >= 4 is 33.0 Å². The number of thiophene rings is 1. The van der Waals surface area contributed by atoms with E-state index < -0.39 is 0 Å². The number of benzene rings is 1. The van der Waals surface area contributed by atoms with E-state index in [-0.39, 0.29) is 5.91 Å². The number of anilines is 1. The average molecular weight is 307 g/mol. The van der Waals surface area contributed by atoms with Crippen molar-refractivity contribution in [3.63, 3.8) is 0 Å². The number of ether oxygens (including phenoxy) is 2. The number of carbonyl (C=O) groups is 1. The minimum Gasteiger partial charge on any atom is -0.496 e. The predicted octanol–water partition coefficient (Wildman–Crippen LogP) is 1.47. The van der Waals surface area contributed by atoms with Crippen molar-refractivity contribution in [2.24, 2.45) is 0 Å². The number of methoxy groups -OCH3 is 1. The quantitative estimate of drug-likeness (QED) is 0.898. The number of fused-ring (bicyclic) bond motifs is 1. The molecule has 3 rings (SSSR count). The molecule has 0 spiro atoms. The molecule has 1 aliphatic heterocycles. The van der Waals surface area contributed by atoms with Gasteiger partial charge in [0.05, 0.1) is 31.4 Å². The van der Waals surface area contributed by atoms with Crippen LogP contribution in [-0.4, -0.2) is 44.3 Å². The van der Waals surface area contributed by atoms with Gasteiger partial charge in [-0.1, -0.05) is 6.07 Å². The van der Waals surface area contributed by atoms with Gasteiger partial charge in [0, 0.05) is 17.8 Å². The summed E-state index contributed by atoms with van der Waals surface area (Å²) >= 11 is 1.38. The topological polar surface area (TPSA) is 76.8 Å². The number of nitrogen functional groups attached to an aromatic ring is 1. The van der Waals surface area contributed by atoms with Gasteiger partial charge in [-0.15, -0.1) is 11.3 Å². The van der Waals surface area contributed by atoms with Crippen LogP contribution in [0.2, 0.25) is 0 Å². The lowest BCUT2D eigenvalue weighted by atomic mass is 10.2. The van der Waals surface area contributed by atoms with Crippen molar-refractivity contribution in [3.05, 3.63) is 23.1 Å². The Hall–Kier alpha value is -1.83. The molecule has 1 fully saturated rings. The van der Waals surface area contributed by atoms with Gasteiger partial charge in [0.15, 0.2) is 0 Å². The summed E-state index contributed by atoms with van der Waals surface area (Å²) in [5.74, 6) is 0.504. The van der Waals surface area contributed by atoms with Crippen LogP contribution in [0.3, 0.4) is 0 Å². The Kier molecular flexibility index (Phi) is 3.96. The summed E-state index contributed by atoms with van der Waals surface area (Å²) in [6, 6.07) is 5.67. The Balaban J connectivity index is 1.89. The van der Waals surface area contributed by atoms with Crippen molar-refractivity contribution < 1.29 is 14.3 Å². The van der Waals surface area contributed by atoms with Gasteiger partial charge in [-0.25, -0.2) is 5.01 Å². The maximum atomic E-state index is 12.4. The van der Waals surface area contributed by atoms with Gasteiger partial charge in [-0.2, -0.15) is 0 Å². The third-order valence-electron chi connectivity index (χ3n) is 3.41. The largest absolute Gasteiger partial charge is 0.496 e. The fraction of sp³-hybridized carbons (Fsp3) is 0.357. The first-order valence-electron chi connectivity index (χ1n) is 6.69. The summed E-state index contributed by atoms with van der Waals surface area (Å²) in [5.41, 5.74) is 9.50. The molecule has 0 unspecified atom stereocenters. The van der Waals surface area contributed by atoms with E-state index in [2.05, 4.69) is 5.43 Å². The molecular formula is C14H17N3O3S. The molecule has 3 N–H and O–H groups in total. The number of morpholine rings is 1. The zero-order valence-electron chi connectivity index (χ0n) is 11.7. The summed E-state index contributed by atoms with van der Waals surface area (Å²) in [6.07, 6.45) is 0. The first-order chi connectivity index (χ1) is 10.2. The summed E-state index contributed by atoms with van der Waals surface area (Å²) in [5, 5.41) is 2.66. The van der Waals surface area contributed by atoms with Crippen LogP contribution in [0.5, 0.6) is 5.75 Å². The van der Waals surface area contributed by atoms with E-state index in [0.29, 0.717) is 42.6 Å². The molecule has 0 bridgehead atoms. The van der Waals surface area contributed by atoms with Crippen LogP contribution in [-0.2, 0) is 4.74 Å². The molecule has 21 heavy (non-hydrogen) atoms. The van der Waals surface area contributed by atoms with Crippen LogP contribution in [0, 0.1) is 0 Å². The highest BCUT2D eigenvalue weighted by atomic mass is 32.1. The molecule has 1 aromatic carbocycles. The molecule has 2 heterocycles. The van der Waals surface area contributed by atoms with Gasteiger partial charge in [-0.05, 0) is 12.1 Å². The molecule has 0 aliphatic carbocycles. The van der Waals surface area contributed by atoms with Crippen LogP contribution in [0.1, 0.15) is 9.67 Å². The number of nitrogens with two attached hydrogens (primary N) is 1. The van der Waals surface area contributed by atoms with Crippen molar-refractivity contribution in [1.29, 1.82) is 0 Å². The lowest BCUT2D eigenvalue weighted by Crippen LogP contribution is -2.48. The second-order valence-electron chi connectivity index (χ2n) is 4.72. The lowest BCUT2D eigenvalue weighted by Gasteiger charge is -2.26. The SMILES string of the molecule is COc1cccc2sc(C(=O)NN3CCOCC3)c(N)c12. The molecule has 7 heteroatoms. The van der Waals surface area contributed by atoms with Gasteiger partial charge in [0.1, 0.15) is 10.6 Å². The number of nitrogens with one attached hydrogen (secondary N) is 1. The molecule has 2 aromatic rings. The fourth-order valence-electron chi connectivity index (χ4n) is 2.35. The normalized spacial score (nSPS) is 16.0. The summed E-state index contributed by atoms with van der Waals surface area (Å²) < 4.78 is 11.5. The average Bonchev–Trinajstić information content (AvgIpc) is 2.86. The summed E-state index contributed by atoms with van der Waals surface area (Å²) in [7, 11) is 1.60. The van der Waals surface area contributed by atoms with Crippen LogP contribution >= 0.6 is 11.3 Å². The highest BCUT2D eigenvalue weighted by Gasteiger charge is 2.21.